The first kappa shape index (κ1) is 11.4. The Kier molecular flexibility index (Phi) is 2.78. The molecule has 19 heavy (non-hydrogen) atoms. The number of benzene rings is 1. The molecule has 0 unspecified atom stereocenters. The maximum Gasteiger partial charge on any atom is 0.112 e. The van der Waals surface area contributed by atoms with Crippen LogP contribution in [0.5, 0.6) is 0 Å². The topological polar surface area (TPSA) is 41.2 Å². The van der Waals surface area contributed by atoms with Gasteiger partial charge < -0.3 is 14.6 Å². The minimum absolute atomic E-state index is 0.578. The third kappa shape index (κ3) is 2.15. The maximum absolute atomic E-state index is 5.43. The Hall–Kier alpha value is -1.39. The molecule has 2 fully saturated rings. The second-order valence-electron chi connectivity index (χ2n) is 5.78. The van der Waals surface area contributed by atoms with Gasteiger partial charge in [-0.3, -0.25) is 0 Å². The highest BCUT2D eigenvalue weighted by Gasteiger charge is 2.32. The summed E-state index contributed by atoms with van der Waals surface area (Å²) in [5, 5.41) is 0. The highest BCUT2D eigenvalue weighted by Crippen LogP contribution is 2.28. The zero-order chi connectivity index (χ0) is 12.7. The van der Waals surface area contributed by atoms with Crippen molar-refractivity contribution >= 4 is 11.0 Å². The predicted molar refractivity (Wildman–Crippen MR) is 74.2 cm³/mol. The van der Waals surface area contributed by atoms with E-state index in [9.17, 15) is 0 Å². The zero-order valence-corrected chi connectivity index (χ0v) is 11.0. The van der Waals surface area contributed by atoms with E-state index in [0.717, 1.165) is 49.1 Å². The first-order chi connectivity index (χ1) is 9.38. The summed E-state index contributed by atoms with van der Waals surface area (Å²) in [5.41, 5.74) is 2.24. The largest absolute Gasteiger partial charge is 0.381 e. The minimum atomic E-state index is 0.578. The lowest BCUT2D eigenvalue weighted by atomic mass is 9.97. The molecule has 2 aromatic rings. The highest BCUT2D eigenvalue weighted by molar-refractivity contribution is 5.74. The average molecular weight is 257 g/mol. The molecular weight excluding hydrogens is 238 g/mol. The molecule has 1 aromatic carbocycles. The molecule has 2 aliphatic rings. The predicted octanol–water partition coefficient (Wildman–Crippen LogP) is 2.00. The molecule has 100 valence electrons. The summed E-state index contributed by atoms with van der Waals surface area (Å²) >= 11 is 0. The number of aromatic amines is 1. The van der Waals surface area contributed by atoms with Crippen LogP contribution >= 0.6 is 0 Å². The van der Waals surface area contributed by atoms with Gasteiger partial charge in [-0.25, -0.2) is 4.98 Å². The van der Waals surface area contributed by atoms with Crippen LogP contribution in [0.25, 0.3) is 11.0 Å². The zero-order valence-electron chi connectivity index (χ0n) is 11.0. The SMILES string of the molecule is c1ccc2[nH]c(C3CN(C[C@H]4CCOC4)C3)nc2c1. The van der Waals surface area contributed by atoms with E-state index < -0.39 is 0 Å². The number of aromatic nitrogens is 2. The molecule has 2 aliphatic heterocycles. The molecule has 0 amide bonds. The summed E-state index contributed by atoms with van der Waals surface area (Å²) in [5.74, 6) is 2.48. The van der Waals surface area contributed by atoms with E-state index >= 15 is 0 Å². The molecular formula is C15H19N3O. The van der Waals surface area contributed by atoms with Crippen molar-refractivity contribution in [2.75, 3.05) is 32.8 Å². The van der Waals surface area contributed by atoms with Gasteiger partial charge in [0, 0.05) is 32.2 Å². The average Bonchev–Trinajstić information content (AvgIpc) is 3.01. The van der Waals surface area contributed by atoms with E-state index in [1.54, 1.807) is 0 Å². The summed E-state index contributed by atoms with van der Waals surface area (Å²) in [7, 11) is 0. The van der Waals surface area contributed by atoms with Crippen LogP contribution in [-0.2, 0) is 4.74 Å². The normalized spacial score (nSPS) is 24.9. The second-order valence-corrected chi connectivity index (χ2v) is 5.78. The third-order valence-electron chi connectivity index (χ3n) is 4.29. The standard InChI is InChI=1S/C15H19N3O/c1-2-4-14-13(3-1)16-15(17-14)12-8-18(9-12)7-11-5-6-19-10-11/h1-4,11-12H,5-10H2,(H,16,17)/t11-/m1/s1. The van der Waals surface area contributed by atoms with E-state index in [2.05, 4.69) is 28.1 Å². The van der Waals surface area contributed by atoms with Crippen molar-refractivity contribution in [1.29, 1.82) is 0 Å². The van der Waals surface area contributed by atoms with Gasteiger partial charge in [0.1, 0.15) is 5.82 Å². The van der Waals surface area contributed by atoms with Crippen molar-refractivity contribution in [3.63, 3.8) is 0 Å². The van der Waals surface area contributed by atoms with Crippen LogP contribution in [0.4, 0.5) is 0 Å². The maximum atomic E-state index is 5.43. The molecule has 1 aromatic heterocycles. The molecule has 0 aliphatic carbocycles. The number of H-pyrrole nitrogens is 1. The number of imidazole rings is 1. The number of hydrogen-bond acceptors (Lipinski definition) is 3. The van der Waals surface area contributed by atoms with Crippen molar-refractivity contribution in [3.05, 3.63) is 30.1 Å². The number of para-hydroxylation sites is 2. The Balaban J connectivity index is 1.39. The molecule has 0 bridgehead atoms. The fourth-order valence-electron chi connectivity index (χ4n) is 3.15. The van der Waals surface area contributed by atoms with Crippen LogP contribution in [0, 0.1) is 5.92 Å². The summed E-state index contributed by atoms with van der Waals surface area (Å²) in [4.78, 5) is 10.7. The Morgan fingerprint density at radius 1 is 1.32 bits per heavy atom. The Morgan fingerprint density at radius 2 is 2.21 bits per heavy atom. The Morgan fingerprint density at radius 3 is 3.00 bits per heavy atom. The van der Waals surface area contributed by atoms with Crippen molar-refractivity contribution < 1.29 is 4.74 Å². The van der Waals surface area contributed by atoms with Crippen LogP contribution in [-0.4, -0.2) is 47.7 Å². The van der Waals surface area contributed by atoms with E-state index in [1.165, 1.54) is 13.0 Å². The van der Waals surface area contributed by atoms with Crippen LogP contribution in [0.2, 0.25) is 0 Å². The second kappa shape index (κ2) is 4.62. The molecule has 1 atom stereocenters. The first-order valence-electron chi connectivity index (χ1n) is 7.13. The van der Waals surface area contributed by atoms with Gasteiger partial charge >= 0.3 is 0 Å². The van der Waals surface area contributed by atoms with Gasteiger partial charge in [0.15, 0.2) is 0 Å². The van der Waals surface area contributed by atoms with Gasteiger partial charge in [0.05, 0.1) is 17.6 Å². The van der Waals surface area contributed by atoms with Crippen LogP contribution in [0.15, 0.2) is 24.3 Å². The summed E-state index contributed by atoms with van der Waals surface area (Å²) < 4.78 is 5.43. The highest BCUT2D eigenvalue weighted by atomic mass is 16.5. The molecule has 2 saturated heterocycles. The van der Waals surface area contributed by atoms with Gasteiger partial charge in [0.25, 0.3) is 0 Å². The van der Waals surface area contributed by atoms with E-state index in [-0.39, 0.29) is 0 Å². The molecule has 4 heteroatoms. The summed E-state index contributed by atoms with van der Waals surface area (Å²) in [6.07, 6.45) is 1.23. The number of ether oxygens (including phenoxy) is 1. The smallest absolute Gasteiger partial charge is 0.112 e. The van der Waals surface area contributed by atoms with Gasteiger partial charge in [-0.05, 0) is 24.5 Å². The van der Waals surface area contributed by atoms with Crippen LogP contribution in [0.1, 0.15) is 18.2 Å². The summed E-state index contributed by atoms with van der Waals surface area (Å²) in [6.45, 7) is 5.36. The van der Waals surface area contributed by atoms with Crippen molar-refractivity contribution in [3.8, 4) is 0 Å². The number of rotatable bonds is 3. The van der Waals surface area contributed by atoms with Gasteiger partial charge in [-0.1, -0.05) is 12.1 Å². The molecule has 0 spiro atoms. The summed E-state index contributed by atoms with van der Waals surface area (Å²) in [6, 6.07) is 8.26. The van der Waals surface area contributed by atoms with Gasteiger partial charge in [-0.15, -0.1) is 0 Å². The first-order valence-corrected chi connectivity index (χ1v) is 7.13. The fraction of sp³-hybridized carbons (Fsp3) is 0.533. The molecule has 4 nitrogen and oxygen atoms in total. The lowest BCUT2D eigenvalue weighted by Crippen LogP contribution is -2.47. The number of likely N-dealkylation sites (tertiary alicyclic amines) is 1. The van der Waals surface area contributed by atoms with E-state index in [0.29, 0.717) is 5.92 Å². The number of hydrogen-bond donors (Lipinski definition) is 1. The van der Waals surface area contributed by atoms with Crippen molar-refractivity contribution in [2.24, 2.45) is 5.92 Å². The van der Waals surface area contributed by atoms with Crippen LogP contribution in [0.3, 0.4) is 0 Å². The van der Waals surface area contributed by atoms with Gasteiger partial charge in [-0.2, -0.15) is 0 Å². The molecule has 0 saturated carbocycles. The molecule has 0 radical (unpaired) electrons. The minimum Gasteiger partial charge on any atom is -0.381 e. The van der Waals surface area contributed by atoms with Crippen molar-refractivity contribution in [2.45, 2.75) is 12.3 Å². The molecule has 4 rings (SSSR count). The van der Waals surface area contributed by atoms with Gasteiger partial charge in [0.2, 0.25) is 0 Å². The van der Waals surface area contributed by atoms with Crippen molar-refractivity contribution in [1.82, 2.24) is 14.9 Å². The number of nitrogens with one attached hydrogen (secondary N) is 1. The van der Waals surface area contributed by atoms with E-state index in [4.69, 9.17) is 9.72 Å². The third-order valence-corrected chi connectivity index (χ3v) is 4.29. The quantitative estimate of drug-likeness (QED) is 0.914. The number of fused-ring (bicyclic) bond motifs is 1. The molecule has 1 N–H and O–H groups in total. The monoisotopic (exact) mass is 257 g/mol. The van der Waals surface area contributed by atoms with E-state index in [1.807, 2.05) is 6.07 Å². The Labute approximate surface area is 112 Å². The lowest BCUT2D eigenvalue weighted by Gasteiger charge is -2.39. The molecule has 3 heterocycles. The fourth-order valence-corrected chi connectivity index (χ4v) is 3.15. The Bertz CT molecular complexity index is 535. The van der Waals surface area contributed by atoms with Crippen LogP contribution < -0.4 is 0 Å². The lowest BCUT2D eigenvalue weighted by molar-refractivity contribution is 0.110. The number of nitrogens with zero attached hydrogens (tertiary/aromatic N) is 2.